The molecule has 0 amide bonds. The number of nitrogens with zero attached hydrogens (tertiary/aromatic N) is 1. The van der Waals surface area contributed by atoms with Crippen molar-refractivity contribution in [3.8, 4) is 0 Å². The Morgan fingerprint density at radius 1 is 1.37 bits per heavy atom. The first-order chi connectivity index (χ1) is 9.19. The second-order valence-corrected chi connectivity index (χ2v) is 4.51. The Bertz CT molecular complexity index is 455. The first-order valence-electron chi connectivity index (χ1n) is 6.31. The fraction of sp³-hybridized carbons (Fsp3) is 0.312. The second kappa shape index (κ2) is 10.4. The summed E-state index contributed by atoms with van der Waals surface area (Å²) in [5.41, 5.74) is 1.76. The monoisotopic (exact) mass is 277 g/mol. The Labute approximate surface area is 121 Å². The lowest BCUT2D eigenvalue weighted by molar-refractivity contribution is 0.409. The summed E-state index contributed by atoms with van der Waals surface area (Å²) < 4.78 is 5.20. The van der Waals surface area contributed by atoms with Crippen molar-refractivity contribution in [2.24, 2.45) is 0 Å². The number of rotatable bonds is 5. The van der Waals surface area contributed by atoms with Crippen molar-refractivity contribution < 1.29 is 4.52 Å². The Kier molecular flexibility index (Phi) is 9.63. The summed E-state index contributed by atoms with van der Waals surface area (Å²) in [4.78, 5) is 0.991. The Morgan fingerprint density at radius 2 is 2.00 bits per heavy atom. The molecule has 0 fully saturated rings. The van der Waals surface area contributed by atoms with Crippen LogP contribution in [0.3, 0.4) is 0 Å². The summed E-state index contributed by atoms with van der Waals surface area (Å²) in [6.07, 6.45) is 12.5. The van der Waals surface area contributed by atoms with Crippen LogP contribution >= 0.6 is 11.8 Å². The van der Waals surface area contributed by atoms with Crippen molar-refractivity contribution in [2.45, 2.75) is 32.1 Å². The number of thioether (sulfide) groups is 1. The van der Waals surface area contributed by atoms with Crippen molar-refractivity contribution in [1.82, 2.24) is 5.16 Å². The lowest BCUT2D eigenvalue weighted by Gasteiger charge is -1.98. The van der Waals surface area contributed by atoms with Gasteiger partial charge in [0.25, 0.3) is 0 Å². The van der Waals surface area contributed by atoms with E-state index >= 15 is 0 Å². The molecule has 0 atom stereocenters. The third kappa shape index (κ3) is 5.35. The van der Waals surface area contributed by atoms with Crippen molar-refractivity contribution >= 4 is 23.4 Å². The van der Waals surface area contributed by atoms with E-state index in [9.17, 15) is 0 Å². The van der Waals surface area contributed by atoms with E-state index in [2.05, 4.69) is 32.2 Å². The Balaban J connectivity index is 0.000000982. The van der Waals surface area contributed by atoms with Crippen LogP contribution in [-0.4, -0.2) is 11.4 Å². The first kappa shape index (κ1) is 17.5. The second-order valence-electron chi connectivity index (χ2n) is 3.69. The molecule has 104 valence electrons. The summed E-state index contributed by atoms with van der Waals surface area (Å²) >= 11 is 1.59. The molecule has 1 aromatic heterocycles. The minimum Gasteiger partial charge on any atom is -0.355 e. The van der Waals surface area contributed by atoms with E-state index in [1.165, 1.54) is 6.42 Å². The van der Waals surface area contributed by atoms with Gasteiger partial charge in [0, 0.05) is 5.57 Å². The molecular weight excluding hydrogens is 254 g/mol. The van der Waals surface area contributed by atoms with Crippen LogP contribution in [0.5, 0.6) is 0 Å². The van der Waals surface area contributed by atoms with Gasteiger partial charge in [0.1, 0.15) is 5.69 Å². The average Bonchev–Trinajstić information content (AvgIpc) is 2.83. The third-order valence-electron chi connectivity index (χ3n) is 2.03. The fourth-order valence-corrected chi connectivity index (χ4v) is 1.92. The van der Waals surface area contributed by atoms with E-state index in [0.29, 0.717) is 5.76 Å². The highest BCUT2D eigenvalue weighted by atomic mass is 32.2. The van der Waals surface area contributed by atoms with Gasteiger partial charge >= 0.3 is 0 Å². The van der Waals surface area contributed by atoms with Crippen molar-refractivity contribution in [1.29, 1.82) is 0 Å². The lowest BCUT2D eigenvalue weighted by Crippen LogP contribution is -1.83. The molecule has 0 aliphatic heterocycles. The maximum atomic E-state index is 5.20. The van der Waals surface area contributed by atoms with Crippen LogP contribution in [0.4, 0.5) is 0 Å². The Hall–Kier alpha value is -1.48. The normalized spacial score (nSPS) is 11.1. The topological polar surface area (TPSA) is 26.0 Å². The number of hydrogen-bond donors (Lipinski definition) is 0. The molecule has 0 aromatic carbocycles. The van der Waals surface area contributed by atoms with Crippen LogP contribution in [0.15, 0.2) is 46.9 Å². The van der Waals surface area contributed by atoms with E-state index < -0.39 is 0 Å². The summed E-state index contributed by atoms with van der Waals surface area (Å²) in [6.45, 7) is 13.7. The highest BCUT2D eigenvalue weighted by Crippen LogP contribution is 2.30. The van der Waals surface area contributed by atoms with Gasteiger partial charge in [-0.15, -0.1) is 11.8 Å². The molecule has 0 aliphatic carbocycles. The maximum Gasteiger partial charge on any atom is 0.173 e. The van der Waals surface area contributed by atoms with Crippen LogP contribution < -0.4 is 0 Å². The van der Waals surface area contributed by atoms with Crippen LogP contribution in [-0.2, 0) is 0 Å². The molecule has 1 aromatic rings. The third-order valence-corrected chi connectivity index (χ3v) is 2.83. The van der Waals surface area contributed by atoms with Crippen molar-refractivity contribution in [3.05, 3.63) is 48.9 Å². The van der Waals surface area contributed by atoms with E-state index in [0.717, 1.165) is 16.2 Å². The summed E-state index contributed by atoms with van der Waals surface area (Å²) in [7, 11) is 0. The molecule has 0 bridgehead atoms. The zero-order valence-electron chi connectivity index (χ0n) is 12.3. The fourth-order valence-electron chi connectivity index (χ4n) is 1.25. The predicted octanol–water partition coefficient (Wildman–Crippen LogP) is 5.60. The molecule has 2 nitrogen and oxygen atoms in total. The van der Waals surface area contributed by atoms with Gasteiger partial charge in [0.2, 0.25) is 0 Å². The SMILES string of the molecule is C=C/C(=C\C=C/C)c1noc(C=C)c1SC.CCC. The molecule has 19 heavy (non-hydrogen) atoms. The molecule has 0 aliphatic rings. The highest BCUT2D eigenvalue weighted by Gasteiger charge is 2.14. The number of aromatic nitrogens is 1. The molecule has 0 saturated heterocycles. The number of allylic oxidation sites excluding steroid dienone is 5. The molecule has 3 heteroatoms. The molecular formula is C16H23NOS. The quantitative estimate of drug-likeness (QED) is 0.517. The summed E-state index contributed by atoms with van der Waals surface area (Å²) in [5, 5.41) is 4.04. The predicted molar refractivity (Wildman–Crippen MR) is 87.3 cm³/mol. The molecule has 0 saturated carbocycles. The van der Waals surface area contributed by atoms with E-state index in [4.69, 9.17) is 4.52 Å². The minimum absolute atomic E-state index is 0.704. The minimum atomic E-state index is 0.704. The first-order valence-corrected chi connectivity index (χ1v) is 7.54. The molecule has 1 rings (SSSR count). The van der Waals surface area contributed by atoms with Gasteiger partial charge in [0.15, 0.2) is 5.76 Å². The largest absolute Gasteiger partial charge is 0.355 e. The van der Waals surface area contributed by atoms with Gasteiger partial charge in [-0.2, -0.15) is 0 Å². The van der Waals surface area contributed by atoms with Crippen LogP contribution in [0.2, 0.25) is 0 Å². The van der Waals surface area contributed by atoms with E-state index in [-0.39, 0.29) is 0 Å². The standard InChI is InChI=1S/C13H15NOS.C3H8/c1-5-8-9-10(6-2)12-13(16-4)11(7-3)15-14-12;1-3-2/h5-9H,2-3H2,1,4H3;3H2,1-2H3/b8-5-,10-9+;. The van der Waals surface area contributed by atoms with Crippen molar-refractivity contribution in [2.75, 3.05) is 6.26 Å². The Morgan fingerprint density at radius 3 is 2.42 bits per heavy atom. The van der Waals surface area contributed by atoms with Crippen LogP contribution in [0.1, 0.15) is 38.6 Å². The van der Waals surface area contributed by atoms with Gasteiger partial charge in [0.05, 0.1) is 4.90 Å². The van der Waals surface area contributed by atoms with Crippen molar-refractivity contribution in [3.63, 3.8) is 0 Å². The lowest BCUT2D eigenvalue weighted by atomic mass is 10.1. The highest BCUT2D eigenvalue weighted by molar-refractivity contribution is 7.98. The molecule has 1 heterocycles. The van der Waals surface area contributed by atoms with Gasteiger partial charge in [-0.25, -0.2) is 0 Å². The van der Waals surface area contributed by atoms with Gasteiger partial charge in [-0.3, -0.25) is 0 Å². The zero-order chi connectivity index (χ0) is 14.7. The van der Waals surface area contributed by atoms with E-state index in [1.807, 2.05) is 31.4 Å². The zero-order valence-corrected chi connectivity index (χ0v) is 13.1. The molecule has 0 unspecified atom stereocenters. The van der Waals surface area contributed by atoms with Gasteiger partial charge in [-0.1, -0.05) is 62.9 Å². The van der Waals surface area contributed by atoms with Gasteiger partial charge < -0.3 is 4.52 Å². The van der Waals surface area contributed by atoms with Crippen LogP contribution in [0.25, 0.3) is 11.6 Å². The van der Waals surface area contributed by atoms with Gasteiger partial charge in [-0.05, 0) is 19.3 Å². The van der Waals surface area contributed by atoms with E-state index in [1.54, 1.807) is 23.9 Å². The maximum absolute atomic E-state index is 5.20. The smallest absolute Gasteiger partial charge is 0.173 e. The molecule has 0 N–H and O–H groups in total. The number of hydrogen-bond acceptors (Lipinski definition) is 3. The van der Waals surface area contributed by atoms with Crippen LogP contribution in [0, 0.1) is 0 Å². The summed E-state index contributed by atoms with van der Waals surface area (Å²) in [6, 6.07) is 0. The molecule has 0 spiro atoms. The average molecular weight is 277 g/mol. The molecule has 0 radical (unpaired) electrons. The summed E-state index contributed by atoms with van der Waals surface area (Å²) in [5.74, 6) is 0.704.